The average Bonchev–Trinajstić information content (AvgIpc) is 1.57. The smallest absolute Gasteiger partial charge is 0.132 e. The molecule has 488 valence electrons. The quantitative estimate of drug-likeness (QED) is 0.0727. The Morgan fingerprint density at radius 2 is 1.40 bits per heavy atom. The first-order chi connectivity index (χ1) is 48.2. The van der Waals surface area contributed by atoms with Crippen LogP contribution in [0.15, 0.2) is 326 Å². The highest BCUT2D eigenvalue weighted by molar-refractivity contribution is 5.99. The van der Waals surface area contributed by atoms with Crippen LogP contribution in [0.5, 0.6) is 5.75 Å². The van der Waals surface area contributed by atoms with Crippen molar-refractivity contribution in [3.05, 3.63) is 376 Å². The molecular weight excluding hydrogens is 1180 g/mol. The van der Waals surface area contributed by atoms with E-state index in [-0.39, 0.29) is 5.92 Å². The van der Waals surface area contributed by atoms with Crippen LogP contribution in [0.1, 0.15) is 138 Å². The third-order valence-corrected chi connectivity index (χ3v) is 19.8. The van der Waals surface area contributed by atoms with E-state index in [9.17, 15) is 0 Å². The maximum Gasteiger partial charge on any atom is 0.132 e. The molecule has 1 spiro atoms. The monoisotopic (exact) mass is 1280 g/mol. The molecule has 2 nitrogen and oxygen atoms in total. The Hall–Kier alpha value is -10.7. The highest BCUT2D eigenvalue weighted by Crippen LogP contribution is 2.61. The Balaban J connectivity index is 0.00000134. The topological polar surface area (TPSA) is 12.5 Å². The largest absolute Gasteiger partial charge is 0.488 e. The fraction of sp³-hybridized carbons (Fsp3) is 0.188. The van der Waals surface area contributed by atoms with E-state index in [1.54, 1.807) is 6.92 Å². The summed E-state index contributed by atoms with van der Waals surface area (Å²) in [5.41, 5.74) is 26.3. The molecule has 0 amide bonds. The van der Waals surface area contributed by atoms with Crippen LogP contribution >= 0.6 is 0 Å². The first-order valence-corrected chi connectivity index (χ1v) is 35.3. The summed E-state index contributed by atoms with van der Waals surface area (Å²) in [4.78, 5) is 2.51. The van der Waals surface area contributed by atoms with E-state index in [1.807, 2.05) is 33.8 Å². The average molecular weight is 1280 g/mol. The number of nitrogens with zero attached hydrogens (tertiary/aromatic N) is 1. The number of benzene rings is 9. The number of ether oxygens (including phenoxy) is 1. The Bertz CT molecular complexity index is 4800. The molecule has 14 rings (SSSR count). The number of allylic oxidation sites excluding steroid dienone is 21. The van der Waals surface area contributed by atoms with Gasteiger partial charge in [0.2, 0.25) is 0 Å². The predicted octanol–water partition coefficient (Wildman–Crippen LogP) is 26.2. The fourth-order valence-electron chi connectivity index (χ4n) is 15.3. The Labute approximate surface area is 585 Å². The van der Waals surface area contributed by atoms with Gasteiger partial charge in [0.15, 0.2) is 0 Å². The van der Waals surface area contributed by atoms with Gasteiger partial charge in [-0.1, -0.05) is 310 Å². The van der Waals surface area contributed by atoms with E-state index < -0.39 is 10.8 Å². The van der Waals surface area contributed by atoms with Crippen molar-refractivity contribution in [3.63, 3.8) is 0 Å². The van der Waals surface area contributed by atoms with Gasteiger partial charge in [-0.3, -0.25) is 0 Å². The Morgan fingerprint density at radius 3 is 2.18 bits per heavy atom. The highest BCUT2D eigenvalue weighted by Gasteiger charge is 2.48. The predicted molar refractivity (Wildman–Crippen MR) is 424 cm³/mol. The van der Waals surface area contributed by atoms with E-state index in [2.05, 4.69) is 337 Å². The number of anilines is 3. The minimum atomic E-state index is -0.728. The normalized spacial score (nSPS) is 20.8. The van der Waals surface area contributed by atoms with Gasteiger partial charge in [0.05, 0.1) is 16.5 Å². The molecule has 0 saturated heterocycles. The third kappa shape index (κ3) is 12.9. The molecule has 3 unspecified atom stereocenters. The van der Waals surface area contributed by atoms with Crippen LogP contribution in [-0.2, 0) is 23.9 Å². The van der Waals surface area contributed by atoms with Crippen molar-refractivity contribution < 1.29 is 4.74 Å². The van der Waals surface area contributed by atoms with Gasteiger partial charge in [0.1, 0.15) is 12.4 Å². The summed E-state index contributed by atoms with van der Waals surface area (Å²) in [5.74, 6) is 3.22. The molecule has 0 fully saturated rings. The molecule has 0 radical (unpaired) electrons. The Kier molecular flexibility index (Phi) is 22.0. The summed E-state index contributed by atoms with van der Waals surface area (Å²) in [6.45, 7) is 28.5. The zero-order valence-corrected chi connectivity index (χ0v) is 58.9. The summed E-state index contributed by atoms with van der Waals surface area (Å²) in [6.07, 6.45) is 43.5. The van der Waals surface area contributed by atoms with Gasteiger partial charge in [-0.05, 0) is 201 Å². The van der Waals surface area contributed by atoms with E-state index in [0.29, 0.717) is 13.0 Å². The van der Waals surface area contributed by atoms with E-state index >= 15 is 0 Å². The molecule has 0 saturated carbocycles. The van der Waals surface area contributed by atoms with E-state index in [0.717, 1.165) is 92.7 Å². The number of terminal acetylenes is 1. The second kappa shape index (κ2) is 31.4. The number of rotatable bonds is 11. The molecule has 98 heavy (non-hydrogen) atoms. The van der Waals surface area contributed by atoms with Crippen LogP contribution in [0.4, 0.5) is 17.1 Å². The van der Waals surface area contributed by atoms with Gasteiger partial charge in [-0.2, -0.15) is 0 Å². The maximum absolute atomic E-state index is 7.29. The van der Waals surface area contributed by atoms with Crippen LogP contribution in [0.25, 0.3) is 50.2 Å². The number of hydrogen-bond acceptors (Lipinski definition) is 2. The lowest BCUT2D eigenvalue weighted by Gasteiger charge is -2.41. The van der Waals surface area contributed by atoms with Gasteiger partial charge in [-0.15, -0.1) is 12.3 Å². The molecule has 3 atom stereocenters. The SMILES string of the molecule is C#CC.C=C/C=C\C(=C/C)C1(c2ccccc2)c2ccccc2-c2c(N(c3ccc(-c4ccc5c(c4)C(C)=C(/C=C\CC)C5)cc3)c3cccc(C4=C/C(=C)C5(C/C=C\c6ccccc6COc6c5ccc5ccccc65)C5=C/C/C=C\C/C=C\5C(C)/C=C\4)c3)cccc21.CC.CC. The zero-order chi connectivity index (χ0) is 68.8. The van der Waals surface area contributed by atoms with Crippen molar-refractivity contribution in [1.82, 2.24) is 0 Å². The first kappa shape index (κ1) is 68.7. The minimum Gasteiger partial charge on any atom is -0.488 e. The summed E-state index contributed by atoms with van der Waals surface area (Å²) in [7, 11) is 0. The van der Waals surface area contributed by atoms with Gasteiger partial charge in [0, 0.05) is 27.9 Å². The summed E-state index contributed by atoms with van der Waals surface area (Å²) in [6, 6.07) is 74.6. The number of fused-ring (bicyclic) bond motifs is 11. The van der Waals surface area contributed by atoms with Crippen LogP contribution in [-0.4, -0.2) is 0 Å². The summed E-state index contributed by atoms with van der Waals surface area (Å²) < 4.78 is 7.29. The molecule has 9 aromatic rings. The second-order valence-corrected chi connectivity index (χ2v) is 25.1. The lowest BCUT2D eigenvalue weighted by atomic mass is 9.62. The van der Waals surface area contributed by atoms with Gasteiger partial charge >= 0.3 is 0 Å². The molecule has 0 N–H and O–H groups in total. The van der Waals surface area contributed by atoms with Gasteiger partial charge in [0.25, 0.3) is 0 Å². The zero-order valence-electron chi connectivity index (χ0n) is 58.9. The first-order valence-electron chi connectivity index (χ1n) is 35.3. The third-order valence-electron chi connectivity index (χ3n) is 19.8. The molecule has 2 heteroatoms. The van der Waals surface area contributed by atoms with Crippen LogP contribution in [0.2, 0.25) is 0 Å². The van der Waals surface area contributed by atoms with Crippen LogP contribution in [0, 0.1) is 18.3 Å². The summed E-state index contributed by atoms with van der Waals surface area (Å²) in [5, 5.41) is 2.25. The van der Waals surface area contributed by atoms with Crippen LogP contribution < -0.4 is 9.64 Å². The summed E-state index contributed by atoms with van der Waals surface area (Å²) >= 11 is 0. The fourth-order valence-corrected chi connectivity index (χ4v) is 15.3. The van der Waals surface area contributed by atoms with Crippen molar-refractivity contribution >= 4 is 45.1 Å². The highest BCUT2D eigenvalue weighted by atomic mass is 16.5. The van der Waals surface area contributed by atoms with Crippen molar-refractivity contribution in [3.8, 4) is 40.3 Å². The molecule has 5 aliphatic rings. The standard InChI is InChI=1S/C89H77NO.C3H4.2C2H6/c1-7-10-28-67-57-71-48-47-70(59-80(71)63(67)6)65-49-52-75(53-50-65)90(85-44-26-43-83-86(85)79-40-23-24-42-82(79)89(83,73(9-3)34-11-8-2)74-35-15-14-16-36-74)76-37-25-32-68(58-76)69-46-45-61(4)77-38-17-12-13-18-41-81(77)88(62(5)56-69)55-27-33-64-29-19-20-31-72(64)60-91-87-78-39-22-21-30-66(78)51-54-84(87)88;1-3-2;2*1-2/h8-16,19-54,56,58-59,61H,2,5,7,17-18,55,57,60H2,1,3-4,6H3;1H,2H3;2*1-2H3/b13-12-,28-10-,33-27-,34-11-,46-45-,69-56+,73-9+,77-38-,81-41+;;;. The van der Waals surface area contributed by atoms with E-state index in [4.69, 9.17) is 11.3 Å². The lowest BCUT2D eigenvalue weighted by Crippen LogP contribution is -2.33. The molecular formula is C96H93NO. The molecule has 0 aromatic heterocycles. The molecule has 1 aliphatic heterocycles. The maximum atomic E-state index is 7.29. The van der Waals surface area contributed by atoms with Crippen molar-refractivity contribution in [2.24, 2.45) is 5.92 Å². The Morgan fingerprint density at radius 1 is 0.684 bits per heavy atom. The van der Waals surface area contributed by atoms with Gasteiger partial charge in [-0.25, -0.2) is 0 Å². The van der Waals surface area contributed by atoms with Crippen molar-refractivity contribution in [2.45, 2.75) is 112 Å². The molecule has 4 aliphatic carbocycles. The second-order valence-electron chi connectivity index (χ2n) is 25.1. The van der Waals surface area contributed by atoms with Gasteiger partial charge < -0.3 is 9.64 Å². The molecule has 9 aromatic carbocycles. The molecule has 1 heterocycles. The minimum absolute atomic E-state index is 0.0675. The van der Waals surface area contributed by atoms with Crippen molar-refractivity contribution in [1.29, 1.82) is 0 Å². The van der Waals surface area contributed by atoms with E-state index in [1.165, 1.54) is 77.9 Å². The molecule has 0 bridgehead atoms. The van der Waals surface area contributed by atoms with Crippen molar-refractivity contribution in [2.75, 3.05) is 4.90 Å². The van der Waals surface area contributed by atoms with Crippen LogP contribution in [0.3, 0.4) is 0 Å². The number of hydrogen-bond donors (Lipinski definition) is 0. The lowest BCUT2D eigenvalue weighted by molar-refractivity contribution is 0.302.